The van der Waals surface area contributed by atoms with Crippen molar-refractivity contribution in [2.45, 2.75) is 6.92 Å². The fraction of sp³-hybridized carbons (Fsp3) is 0.133. The van der Waals surface area contributed by atoms with Gasteiger partial charge in [0.15, 0.2) is 5.82 Å². The van der Waals surface area contributed by atoms with Crippen LogP contribution in [0.25, 0.3) is 21.9 Å². The van der Waals surface area contributed by atoms with Crippen LogP contribution in [-0.2, 0) is 7.05 Å². The minimum atomic E-state index is 0.728. The molecule has 0 spiro atoms. The molecule has 3 heterocycles. The van der Waals surface area contributed by atoms with Crippen LogP contribution in [0, 0.1) is 6.92 Å². The summed E-state index contributed by atoms with van der Waals surface area (Å²) in [7, 11) is 1.95. The minimum absolute atomic E-state index is 0.728. The van der Waals surface area contributed by atoms with Gasteiger partial charge in [0.1, 0.15) is 5.52 Å². The van der Waals surface area contributed by atoms with Gasteiger partial charge in [0.05, 0.1) is 16.7 Å². The standard InChI is InChI=1S/C15H14N6/c1-9-11-8-10(5-6-13(11)21(2)20-9)17-15-14-12(18-19-15)4-3-7-16-14/h3-8H,1-2H3,(H2,17,18,19). The molecule has 0 aliphatic carbocycles. The average molecular weight is 278 g/mol. The number of H-pyrrole nitrogens is 1. The molecule has 104 valence electrons. The van der Waals surface area contributed by atoms with Gasteiger partial charge in [-0.25, -0.2) is 0 Å². The summed E-state index contributed by atoms with van der Waals surface area (Å²) in [6.45, 7) is 2.01. The number of hydrogen-bond donors (Lipinski definition) is 2. The second kappa shape index (κ2) is 4.31. The second-order valence-electron chi connectivity index (χ2n) is 5.04. The lowest BCUT2D eigenvalue weighted by molar-refractivity contribution is 0.783. The lowest BCUT2D eigenvalue weighted by Crippen LogP contribution is -1.92. The van der Waals surface area contributed by atoms with Crippen LogP contribution in [0.4, 0.5) is 11.5 Å². The van der Waals surface area contributed by atoms with E-state index < -0.39 is 0 Å². The molecule has 0 saturated carbocycles. The summed E-state index contributed by atoms with van der Waals surface area (Å²) in [5.41, 5.74) is 4.85. The van der Waals surface area contributed by atoms with E-state index in [0.717, 1.165) is 39.1 Å². The number of pyridine rings is 1. The molecule has 0 amide bonds. The summed E-state index contributed by atoms with van der Waals surface area (Å²) >= 11 is 0. The van der Waals surface area contributed by atoms with E-state index in [9.17, 15) is 0 Å². The van der Waals surface area contributed by atoms with Crippen LogP contribution in [0.2, 0.25) is 0 Å². The minimum Gasteiger partial charge on any atom is -0.337 e. The smallest absolute Gasteiger partial charge is 0.178 e. The summed E-state index contributed by atoms with van der Waals surface area (Å²) < 4.78 is 1.89. The lowest BCUT2D eigenvalue weighted by atomic mass is 10.2. The maximum Gasteiger partial charge on any atom is 0.178 e. The molecule has 0 fully saturated rings. The van der Waals surface area contributed by atoms with Crippen LogP contribution < -0.4 is 5.32 Å². The SMILES string of the molecule is Cc1nn(C)c2ccc(Nc3n[nH]c4cccnc34)cc12. The van der Waals surface area contributed by atoms with Crippen LogP contribution in [0.1, 0.15) is 5.69 Å². The topological polar surface area (TPSA) is 71.4 Å². The number of nitrogens with zero attached hydrogens (tertiary/aromatic N) is 4. The van der Waals surface area contributed by atoms with Gasteiger partial charge in [0, 0.05) is 24.3 Å². The molecule has 21 heavy (non-hydrogen) atoms. The molecule has 2 N–H and O–H groups in total. The predicted molar refractivity (Wildman–Crippen MR) is 82.6 cm³/mol. The Kier molecular flexibility index (Phi) is 2.44. The molecular weight excluding hydrogens is 264 g/mol. The first-order valence-corrected chi connectivity index (χ1v) is 6.72. The Morgan fingerprint density at radius 2 is 2.14 bits per heavy atom. The molecule has 4 aromatic rings. The maximum atomic E-state index is 4.43. The van der Waals surface area contributed by atoms with Crippen molar-refractivity contribution in [2.24, 2.45) is 7.05 Å². The van der Waals surface area contributed by atoms with Crippen molar-refractivity contribution in [3.63, 3.8) is 0 Å². The number of aryl methyl sites for hydroxylation is 2. The van der Waals surface area contributed by atoms with Gasteiger partial charge < -0.3 is 5.32 Å². The first-order chi connectivity index (χ1) is 10.2. The predicted octanol–water partition coefficient (Wildman–Crippen LogP) is 2.90. The summed E-state index contributed by atoms with van der Waals surface area (Å²) in [6.07, 6.45) is 1.76. The Balaban J connectivity index is 1.78. The Bertz CT molecular complexity index is 949. The zero-order valence-corrected chi connectivity index (χ0v) is 11.8. The third kappa shape index (κ3) is 1.84. The number of nitrogens with one attached hydrogen (secondary N) is 2. The Morgan fingerprint density at radius 1 is 1.24 bits per heavy atom. The lowest BCUT2D eigenvalue weighted by Gasteiger charge is -2.04. The molecule has 0 radical (unpaired) electrons. The molecule has 0 atom stereocenters. The van der Waals surface area contributed by atoms with Gasteiger partial charge in [-0.15, -0.1) is 0 Å². The van der Waals surface area contributed by atoms with Crippen LogP contribution in [0.5, 0.6) is 0 Å². The highest BCUT2D eigenvalue weighted by atomic mass is 15.3. The zero-order valence-electron chi connectivity index (χ0n) is 11.8. The molecule has 6 nitrogen and oxygen atoms in total. The van der Waals surface area contributed by atoms with Crippen molar-refractivity contribution in [3.8, 4) is 0 Å². The van der Waals surface area contributed by atoms with E-state index in [1.165, 1.54) is 0 Å². The fourth-order valence-corrected chi connectivity index (χ4v) is 2.60. The van der Waals surface area contributed by atoms with Crippen molar-refractivity contribution < 1.29 is 0 Å². The van der Waals surface area contributed by atoms with Gasteiger partial charge in [0.2, 0.25) is 0 Å². The van der Waals surface area contributed by atoms with Crippen molar-refractivity contribution in [1.29, 1.82) is 0 Å². The number of aromatic amines is 1. The monoisotopic (exact) mass is 278 g/mol. The average Bonchev–Trinajstić information content (AvgIpc) is 3.02. The largest absolute Gasteiger partial charge is 0.337 e. The third-order valence-corrected chi connectivity index (χ3v) is 3.62. The number of rotatable bonds is 2. The van der Waals surface area contributed by atoms with E-state index in [1.54, 1.807) is 6.20 Å². The van der Waals surface area contributed by atoms with E-state index in [-0.39, 0.29) is 0 Å². The number of anilines is 2. The maximum absolute atomic E-state index is 4.43. The molecule has 1 aromatic carbocycles. The number of hydrogen-bond acceptors (Lipinski definition) is 4. The zero-order chi connectivity index (χ0) is 14.4. The van der Waals surface area contributed by atoms with E-state index in [4.69, 9.17) is 0 Å². The summed E-state index contributed by atoms with van der Waals surface area (Å²) in [4.78, 5) is 4.35. The van der Waals surface area contributed by atoms with Crippen LogP contribution in [-0.4, -0.2) is 25.0 Å². The van der Waals surface area contributed by atoms with Crippen molar-refractivity contribution in [3.05, 3.63) is 42.2 Å². The van der Waals surface area contributed by atoms with Crippen molar-refractivity contribution >= 4 is 33.4 Å². The molecule has 0 saturated heterocycles. The van der Waals surface area contributed by atoms with Gasteiger partial charge in [-0.1, -0.05) is 0 Å². The fourth-order valence-electron chi connectivity index (χ4n) is 2.60. The van der Waals surface area contributed by atoms with Crippen LogP contribution in [0.3, 0.4) is 0 Å². The Hall–Kier alpha value is -2.89. The highest BCUT2D eigenvalue weighted by molar-refractivity contribution is 5.90. The second-order valence-corrected chi connectivity index (χ2v) is 5.04. The molecule has 0 bridgehead atoms. The highest BCUT2D eigenvalue weighted by Gasteiger charge is 2.09. The number of aromatic nitrogens is 5. The Morgan fingerprint density at radius 3 is 3.05 bits per heavy atom. The van der Waals surface area contributed by atoms with Crippen LogP contribution >= 0.6 is 0 Å². The number of benzene rings is 1. The molecule has 0 unspecified atom stereocenters. The molecule has 6 heteroatoms. The molecular formula is C15H14N6. The Labute approximate surface area is 120 Å². The van der Waals surface area contributed by atoms with Crippen molar-refractivity contribution in [1.82, 2.24) is 25.0 Å². The van der Waals surface area contributed by atoms with Gasteiger partial charge >= 0.3 is 0 Å². The summed E-state index contributed by atoms with van der Waals surface area (Å²) in [5.74, 6) is 0.728. The van der Waals surface area contributed by atoms with Crippen LogP contribution in [0.15, 0.2) is 36.5 Å². The summed E-state index contributed by atoms with van der Waals surface area (Å²) in [5, 5.41) is 16.1. The normalized spacial score (nSPS) is 11.3. The quantitative estimate of drug-likeness (QED) is 0.591. The van der Waals surface area contributed by atoms with E-state index in [0.29, 0.717) is 0 Å². The highest BCUT2D eigenvalue weighted by Crippen LogP contribution is 2.26. The molecule has 0 aliphatic rings. The van der Waals surface area contributed by atoms with Gasteiger partial charge in [-0.2, -0.15) is 10.2 Å². The number of fused-ring (bicyclic) bond motifs is 2. The molecule has 0 aliphatic heterocycles. The van der Waals surface area contributed by atoms with Crippen molar-refractivity contribution in [2.75, 3.05) is 5.32 Å². The molecule has 4 rings (SSSR count). The van der Waals surface area contributed by atoms with Gasteiger partial charge in [-0.05, 0) is 37.3 Å². The van der Waals surface area contributed by atoms with E-state index >= 15 is 0 Å². The molecule has 3 aromatic heterocycles. The van der Waals surface area contributed by atoms with E-state index in [2.05, 4.69) is 37.7 Å². The van der Waals surface area contributed by atoms with Gasteiger partial charge in [-0.3, -0.25) is 14.8 Å². The van der Waals surface area contributed by atoms with E-state index in [1.807, 2.05) is 36.9 Å². The summed E-state index contributed by atoms with van der Waals surface area (Å²) in [6, 6.07) is 10.00. The first kappa shape index (κ1) is 11.9. The van der Waals surface area contributed by atoms with Gasteiger partial charge in [0.25, 0.3) is 0 Å². The third-order valence-electron chi connectivity index (χ3n) is 3.62. The first-order valence-electron chi connectivity index (χ1n) is 6.72.